The van der Waals surface area contributed by atoms with Crippen LogP contribution in [-0.2, 0) is 16.1 Å². The number of thiocarbonyl (C=S) groups is 1. The number of halogens is 1. The number of hydrogen-bond donors (Lipinski definition) is 1. The lowest BCUT2D eigenvalue weighted by Crippen LogP contribution is -2.54. The highest BCUT2D eigenvalue weighted by Crippen LogP contribution is 2.29. The number of aromatic nitrogens is 1. The number of nitrogens with zero attached hydrogens (tertiary/aromatic N) is 2. The van der Waals surface area contributed by atoms with E-state index in [9.17, 15) is 14.0 Å². The molecule has 0 atom stereocenters. The molecule has 2 amide bonds. The van der Waals surface area contributed by atoms with Gasteiger partial charge < -0.3 is 4.57 Å². The molecule has 1 aromatic heterocycles. The average Bonchev–Trinajstić information content (AvgIpc) is 3.25. The van der Waals surface area contributed by atoms with Crippen LogP contribution in [0.2, 0.25) is 0 Å². The van der Waals surface area contributed by atoms with Crippen molar-refractivity contribution < 1.29 is 14.0 Å². The fourth-order valence-corrected chi connectivity index (χ4v) is 5.07. The quantitative estimate of drug-likeness (QED) is 0.190. The predicted octanol–water partition coefficient (Wildman–Crippen LogP) is 5.81. The molecule has 0 saturated carbocycles. The summed E-state index contributed by atoms with van der Waals surface area (Å²) in [6.45, 7) is 0.608. The van der Waals surface area contributed by atoms with E-state index in [4.69, 9.17) is 12.2 Å². The van der Waals surface area contributed by atoms with Gasteiger partial charge in [0.2, 0.25) is 0 Å². The van der Waals surface area contributed by atoms with Gasteiger partial charge in [-0.3, -0.25) is 14.9 Å². The highest BCUT2D eigenvalue weighted by Gasteiger charge is 2.35. The number of benzene rings is 4. The molecule has 4 aromatic carbocycles. The van der Waals surface area contributed by atoms with E-state index in [0.29, 0.717) is 12.1 Å². The second-order valence-corrected chi connectivity index (χ2v) is 9.16. The Morgan fingerprint density at radius 1 is 0.838 bits per heavy atom. The smallest absolute Gasteiger partial charge is 0.270 e. The maximum Gasteiger partial charge on any atom is 0.270 e. The van der Waals surface area contributed by atoms with Gasteiger partial charge in [-0.1, -0.05) is 72.8 Å². The van der Waals surface area contributed by atoms with Crippen molar-refractivity contribution in [3.63, 3.8) is 0 Å². The van der Waals surface area contributed by atoms with Gasteiger partial charge in [-0.25, -0.2) is 9.29 Å². The van der Waals surface area contributed by atoms with Crippen molar-refractivity contribution in [1.82, 2.24) is 9.88 Å². The Morgan fingerprint density at radius 3 is 2.38 bits per heavy atom. The molecule has 5 aromatic rings. The molecule has 2 heterocycles. The molecule has 1 aliphatic heterocycles. The lowest BCUT2D eigenvalue weighted by Gasteiger charge is -2.29. The summed E-state index contributed by atoms with van der Waals surface area (Å²) >= 11 is 5.21. The number of carbonyl (C=O) groups excluding carboxylic acids is 2. The second-order valence-electron chi connectivity index (χ2n) is 8.78. The summed E-state index contributed by atoms with van der Waals surface area (Å²) < 4.78 is 16.6. The van der Waals surface area contributed by atoms with Crippen LogP contribution in [-0.4, -0.2) is 21.5 Å². The van der Waals surface area contributed by atoms with Crippen molar-refractivity contribution in [2.24, 2.45) is 0 Å². The van der Waals surface area contributed by atoms with Crippen molar-refractivity contribution in [3.05, 3.63) is 120 Å². The summed E-state index contributed by atoms with van der Waals surface area (Å²) in [6.07, 6.45) is 3.48. The number of fused-ring (bicyclic) bond motifs is 2. The van der Waals surface area contributed by atoms with Gasteiger partial charge in [0.05, 0.1) is 5.69 Å². The molecular weight excluding hydrogens is 485 g/mol. The Bertz CT molecular complexity index is 1770. The maximum atomic E-state index is 14.5. The molecule has 5 nitrogen and oxygen atoms in total. The molecule has 180 valence electrons. The molecule has 1 saturated heterocycles. The first-order valence-corrected chi connectivity index (χ1v) is 12.1. The minimum absolute atomic E-state index is 0.0122. The predicted molar refractivity (Wildman–Crippen MR) is 148 cm³/mol. The number of nitrogens with one attached hydrogen (secondary N) is 1. The summed E-state index contributed by atoms with van der Waals surface area (Å²) in [6, 6.07) is 28.1. The number of amides is 2. The maximum absolute atomic E-state index is 14.5. The third-order valence-electron chi connectivity index (χ3n) is 6.53. The summed E-state index contributed by atoms with van der Waals surface area (Å²) in [5, 5.41) is 5.58. The first-order chi connectivity index (χ1) is 18.0. The van der Waals surface area contributed by atoms with Gasteiger partial charge in [-0.05, 0) is 52.8 Å². The van der Waals surface area contributed by atoms with Gasteiger partial charge in [0.25, 0.3) is 11.8 Å². The zero-order valence-corrected chi connectivity index (χ0v) is 20.3. The van der Waals surface area contributed by atoms with E-state index in [0.717, 1.165) is 26.8 Å². The van der Waals surface area contributed by atoms with Gasteiger partial charge in [0.1, 0.15) is 11.4 Å². The first-order valence-electron chi connectivity index (χ1n) is 11.7. The van der Waals surface area contributed by atoms with Crippen LogP contribution in [0, 0.1) is 5.82 Å². The lowest BCUT2D eigenvalue weighted by molar-refractivity contribution is -0.122. The molecule has 1 fully saturated rings. The minimum Gasteiger partial charge on any atom is -0.342 e. The van der Waals surface area contributed by atoms with E-state index < -0.39 is 17.6 Å². The third kappa shape index (κ3) is 3.99. The van der Waals surface area contributed by atoms with Crippen LogP contribution in [0.15, 0.2) is 103 Å². The van der Waals surface area contributed by atoms with E-state index in [1.165, 1.54) is 23.6 Å². The molecular formula is C30H20FN3O2S. The van der Waals surface area contributed by atoms with E-state index >= 15 is 0 Å². The van der Waals surface area contributed by atoms with Crippen LogP contribution < -0.4 is 10.2 Å². The largest absolute Gasteiger partial charge is 0.342 e. The van der Waals surface area contributed by atoms with E-state index in [2.05, 4.69) is 34.1 Å². The summed E-state index contributed by atoms with van der Waals surface area (Å²) in [5.41, 5.74) is 2.69. The number of anilines is 1. The van der Waals surface area contributed by atoms with Crippen LogP contribution in [0.4, 0.5) is 10.1 Å². The van der Waals surface area contributed by atoms with Gasteiger partial charge in [0.15, 0.2) is 5.11 Å². The Labute approximate surface area is 217 Å². The zero-order valence-electron chi connectivity index (χ0n) is 19.5. The minimum atomic E-state index is -0.676. The standard InChI is InChI=1S/C30H20FN3O2S/c31-25-13-4-6-15-27(25)34-29(36)24(28(35)32-30(34)37)16-21-18-33(26-14-5-3-12-23(21)26)17-20-10-7-9-19-8-1-2-11-22(19)20/h1-16,18H,17H2,(H,32,35,37)/b24-16-. The molecule has 0 bridgehead atoms. The Hall–Kier alpha value is -4.62. The van der Waals surface area contributed by atoms with Gasteiger partial charge >= 0.3 is 0 Å². The van der Waals surface area contributed by atoms with Gasteiger partial charge in [0, 0.05) is 29.2 Å². The molecule has 0 aliphatic carbocycles. The monoisotopic (exact) mass is 505 g/mol. The van der Waals surface area contributed by atoms with Crippen LogP contribution in [0.25, 0.3) is 27.8 Å². The third-order valence-corrected chi connectivity index (χ3v) is 6.82. The van der Waals surface area contributed by atoms with Gasteiger partial charge in [-0.2, -0.15) is 0 Å². The molecule has 0 radical (unpaired) electrons. The van der Waals surface area contributed by atoms with Crippen molar-refractivity contribution in [2.45, 2.75) is 6.54 Å². The number of hydrogen-bond acceptors (Lipinski definition) is 3. The highest BCUT2D eigenvalue weighted by molar-refractivity contribution is 7.80. The Kier molecular flexibility index (Phi) is 5.62. The van der Waals surface area contributed by atoms with Crippen molar-refractivity contribution in [2.75, 3.05) is 4.90 Å². The fourth-order valence-electron chi connectivity index (χ4n) is 4.80. The highest BCUT2D eigenvalue weighted by atomic mass is 32.1. The second kappa shape index (κ2) is 9.11. The molecule has 37 heavy (non-hydrogen) atoms. The molecule has 0 unspecified atom stereocenters. The van der Waals surface area contributed by atoms with Crippen LogP contribution in [0.1, 0.15) is 11.1 Å². The van der Waals surface area contributed by atoms with Crippen LogP contribution in [0.5, 0.6) is 0 Å². The van der Waals surface area contributed by atoms with Crippen LogP contribution >= 0.6 is 12.2 Å². The molecule has 6 rings (SSSR count). The van der Waals surface area contributed by atoms with E-state index in [-0.39, 0.29) is 16.4 Å². The molecule has 7 heteroatoms. The zero-order chi connectivity index (χ0) is 25.5. The summed E-state index contributed by atoms with van der Waals surface area (Å²) in [7, 11) is 0. The van der Waals surface area contributed by atoms with E-state index in [1.54, 1.807) is 12.1 Å². The molecule has 1 aliphatic rings. The average molecular weight is 506 g/mol. The fraction of sp³-hybridized carbons (Fsp3) is 0.0333. The van der Waals surface area contributed by atoms with Crippen molar-refractivity contribution in [3.8, 4) is 0 Å². The molecule has 0 spiro atoms. The van der Waals surface area contributed by atoms with Crippen molar-refractivity contribution >= 4 is 62.6 Å². The Balaban J connectivity index is 1.44. The Morgan fingerprint density at radius 2 is 1.54 bits per heavy atom. The van der Waals surface area contributed by atoms with Crippen molar-refractivity contribution in [1.29, 1.82) is 0 Å². The molecule has 1 N–H and O–H groups in total. The van der Waals surface area contributed by atoms with E-state index in [1.807, 2.05) is 48.7 Å². The first kappa shape index (κ1) is 22.8. The lowest BCUT2D eigenvalue weighted by atomic mass is 10.0. The SMILES string of the molecule is O=C1NC(=S)N(c2ccccc2F)C(=O)/C1=C\c1cn(Cc2cccc3ccccc23)c2ccccc12. The van der Waals surface area contributed by atoms with Crippen LogP contribution in [0.3, 0.4) is 0 Å². The number of carbonyl (C=O) groups is 2. The normalized spacial score (nSPS) is 15.1. The summed E-state index contributed by atoms with van der Waals surface area (Å²) in [4.78, 5) is 27.3. The summed E-state index contributed by atoms with van der Waals surface area (Å²) in [5.74, 6) is -1.90. The number of para-hydroxylation sites is 2. The number of rotatable bonds is 4. The van der Waals surface area contributed by atoms with Gasteiger partial charge in [-0.15, -0.1) is 0 Å². The topological polar surface area (TPSA) is 54.3 Å².